The first-order chi connectivity index (χ1) is 9.83. The van der Waals surface area contributed by atoms with Gasteiger partial charge in [-0.15, -0.1) is 0 Å². The van der Waals surface area contributed by atoms with Crippen LogP contribution in [0, 0.1) is 5.82 Å². The summed E-state index contributed by atoms with van der Waals surface area (Å²) in [5.74, 6) is -0.493. The molecule has 110 valence electrons. The summed E-state index contributed by atoms with van der Waals surface area (Å²) in [5.41, 5.74) is -3.14. The van der Waals surface area contributed by atoms with E-state index in [1.165, 1.54) is 12.1 Å². The smallest absolute Gasteiger partial charge is 0.373 e. The molecule has 1 unspecified atom stereocenters. The third kappa shape index (κ3) is 3.28. The maximum absolute atomic E-state index is 13.2. The van der Waals surface area contributed by atoms with Crippen LogP contribution in [0.25, 0.3) is 6.08 Å². The molecule has 2 aromatic rings. The van der Waals surface area contributed by atoms with E-state index >= 15 is 0 Å². The summed E-state index contributed by atoms with van der Waals surface area (Å²) < 4.78 is 52.3. The molecule has 2 rings (SSSR count). The van der Waals surface area contributed by atoms with Gasteiger partial charge in [-0.05, 0) is 41.5 Å². The maximum atomic E-state index is 13.2. The molecule has 0 radical (unpaired) electrons. The molecule has 21 heavy (non-hydrogen) atoms. The molecule has 1 N–H and O–H groups in total. The van der Waals surface area contributed by atoms with Gasteiger partial charge in [-0.3, -0.25) is 4.98 Å². The van der Waals surface area contributed by atoms with Crippen molar-refractivity contribution in [1.29, 1.82) is 0 Å². The molecule has 1 atom stereocenters. The first-order valence-corrected chi connectivity index (χ1v) is 5.97. The van der Waals surface area contributed by atoms with E-state index < -0.39 is 17.6 Å². The highest BCUT2D eigenvalue weighted by atomic mass is 19.4. The fraction of sp³-hybridized carbons (Fsp3) is 0.133. The van der Waals surface area contributed by atoms with Crippen LogP contribution in [0.15, 0.2) is 54.9 Å². The van der Waals surface area contributed by atoms with Crippen molar-refractivity contribution in [2.24, 2.45) is 0 Å². The Morgan fingerprint density at radius 2 is 1.52 bits per heavy atom. The standard InChI is InChI=1S/C15H11F4NO/c16-13-3-1-11(2-4-13)5-8-14(21,15(17,18)19)12-6-9-20-10-7-12/h1-10,21H. The number of hydrogen-bond acceptors (Lipinski definition) is 2. The topological polar surface area (TPSA) is 33.1 Å². The quantitative estimate of drug-likeness (QED) is 0.877. The van der Waals surface area contributed by atoms with E-state index in [1.807, 2.05) is 0 Å². The minimum atomic E-state index is -4.90. The van der Waals surface area contributed by atoms with Crippen LogP contribution in [-0.4, -0.2) is 16.3 Å². The Hall–Kier alpha value is -2.21. The molecule has 0 amide bonds. The van der Waals surface area contributed by atoms with Crippen LogP contribution in [0.3, 0.4) is 0 Å². The van der Waals surface area contributed by atoms with Gasteiger partial charge in [0.2, 0.25) is 5.60 Å². The molecule has 1 aromatic heterocycles. The average molecular weight is 297 g/mol. The van der Waals surface area contributed by atoms with Gasteiger partial charge in [0, 0.05) is 12.4 Å². The van der Waals surface area contributed by atoms with Crippen LogP contribution in [0.4, 0.5) is 17.6 Å². The van der Waals surface area contributed by atoms with Crippen molar-refractivity contribution in [1.82, 2.24) is 4.98 Å². The summed E-state index contributed by atoms with van der Waals surface area (Å²) in [5, 5.41) is 10.0. The lowest BCUT2D eigenvalue weighted by Crippen LogP contribution is -2.40. The minimum Gasteiger partial charge on any atom is -0.373 e. The van der Waals surface area contributed by atoms with E-state index in [9.17, 15) is 22.7 Å². The molecule has 0 aliphatic carbocycles. The van der Waals surface area contributed by atoms with Crippen LogP contribution >= 0.6 is 0 Å². The number of rotatable bonds is 3. The third-order valence-electron chi connectivity index (χ3n) is 2.94. The minimum absolute atomic E-state index is 0.341. The lowest BCUT2D eigenvalue weighted by molar-refractivity contribution is -0.244. The summed E-state index contributed by atoms with van der Waals surface area (Å²) >= 11 is 0. The number of aromatic nitrogens is 1. The maximum Gasteiger partial charge on any atom is 0.425 e. The summed E-state index contributed by atoms with van der Waals surface area (Å²) in [6, 6.07) is 7.05. The number of nitrogens with zero attached hydrogens (tertiary/aromatic N) is 1. The molecule has 0 fully saturated rings. The molecule has 0 spiro atoms. The van der Waals surface area contributed by atoms with Gasteiger partial charge in [0.15, 0.2) is 0 Å². The Kier molecular flexibility index (Phi) is 4.09. The molecule has 0 saturated heterocycles. The summed E-state index contributed by atoms with van der Waals surface area (Å²) in [6.45, 7) is 0. The van der Waals surface area contributed by atoms with E-state index in [0.29, 0.717) is 11.6 Å². The van der Waals surface area contributed by atoms with Gasteiger partial charge in [-0.1, -0.05) is 18.2 Å². The molecule has 6 heteroatoms. The first kappa shape index (κ1) is 15.2. The van der Waals surface area contributed by atoms with Crippen molar-refractivity contribution in [3.8, 4) is 0 Å². The van der Waals surface area contributed by atoms with Crippen LogP contribution in [0.1, 0.15) is 11.1 Å². The summed E-state index contributed by atoms with van der Waals surface area (Å²) in [6.07, 6.45) is -0.844. The highest BCUT2D eigenvalue weighted by Crippen LogP contribution is 2.40. The van der Waals surface area contributed by atoms with E-state index in [-0.39, 0.29) is 5.56 Å². The Bertz CT molecular complexity index is 622. The number of aliphatic hydroxyl groups is 1. The fourth-order valence-electron chi connectivity index (χ4n) is 1.75. The van der Waals surface area contributed by atoms with Crippen LogP contribution in [-0.2, 0) is 5.60 Å². The molecule has 0 saturated carbocycles. The van der Waals surface area contributed by atoms with Crippen molar-refractivity contribution in [2.45, 2.75) is 11.8 Å². The lowest BCUT2D eigenvalue weighted by Gasteiger charge is -2.27. The zero-order chi connectivity index (χ0) is 15.5. The van der Waals surface area contributed by atoms with Crippen molar-refractivity contribution in [3.05, 3.63) is 71.8 Å². The van der Waals surface area contributed by atoms with E-state index in [1.54, 1.807) is 0 Å². The number of pyridine rings is 1. The SMILES string of the molecule is OC(C=Cc1ccc(F)cc1)(c1ccncc1)C(F)(F)F. The monoisotopic (exact) mass is 297 g/mol. The van der Waals surface area contributed by atoms with Gasteiger partial charge in [0.1, 0.15) is 5.82 Å². The van der Waals surface area contributed by atoms with Crippen LogP contribution < -0.4 is 0 Å². The molecular formula is C15H11F4NO. The number of benzene rings is 1. The van der Waals surface area contributed by atoms with Crippen LogP contribution in [0.5, 0.6) is 0 Å². The second-order valence-corrected chi connectivity index (χ2v) is 4.38. The van der Waals surface area contributed by atoms with Crippen molar-refractivity contribution in [2.75, 3.05) is 0 Å². The Balaban J connectivity index is 2.40. The zero-order valence-corrected chi connectivity index (χ0v) is 10.7. The lowest BCUT2D eigenvalue weighted by atomic mass is 9.93. The normalized spacial score (nSPS) is 15.1. The van der Waals surface area contributed by atoms with Crippen LogP contribution in [0.2, 0.25) is 0 Å². The number of halogens is 4. The second kappa shape index (κ2) is 5.65. The second-order valence-electron chi connectivity index (χ2n) is 4.38. The average Bonchev–Trinajstić information content (AvgIpc) is 2.46. The highest BCUT2D eigenvalue weighted by molar-refractivity contribution is 5.52. The zero-order valence-electron chi connectivity index (χ0n) is 10.7. The predicted molar refractivity (Wildman–Crippen MR) is 69.6 cm³/mol. The molecule has 2 nitrogen and oxygen atoms in total. The van der Waals surface area contributed by atoms with E-state index in [0.717, 1.165) is 42.7 Å². The molecule has 0 bridgehead atoms. The third-order valence-corrected chi connectivity index (χ3v) is 2.94. The van der Waals surface area contributed by atoms with Crippen molar-refractivity contribution >= 4 is 6.08 Å². The predicted octanol–water partition coefficient (Wildman–Crippen LogP) is 3.68. The Labute approximate surface area is 118 Å². The molecule has 1 heterocycles. The summed E-state index contributed by atoms with van der Waals surface area (Å²) in [7, 11) is 0. The molecule has 0 aliphatic rings. The first-order valence-electron chi connectivity index (χ1n) is 5.97. The van der Waals surface area contributed by atoms with E-state index in [2.05, 4.69) is 4.98 Å². The van der Waals surface area contributed by atoms with Crippen molar-refractivity contribution in [3.63, 3.8) is 0 Å². The summed E-state index contributed by atoms with van der Waals surface area (Å²) in [4.78, 5) is 3.62. The van der Waals surface area contributed by atoms with Gasteiger partial charge in [0.05, 0.1) is 0 Å². The highest BCUT2D eigenvalue weighted by Gasteiger charge is 2.53. The number of alkyl halides is 3. The van der Waals surface area contributed by atoms with Gasteiger partial charge in [0.25, 0.3) is 0 Å². The Morgan fingerprint density at radius 3 is 2.05 bits per heavy atom. The van der Waals surface area contributed by atoms with Crippen molar-refractivity contribution < 1.29 is 22.7 Å². The van der Waals surface area contributed by atoms with Gasteiger partial charge < -0.3 is 5.11 Å². The largest absolute Gasteiger partial charge is 0.425 e. The van der Waals surface area contributed by atoms with Gasteiger partial charge >= 0.3 is 6.18 Å². The Morgan fingerprint density at radius 1 is 0.952 bits per heavy atom. The number of hydrogen-bond donors (Lipinski definition) is 1. The molecule has 1 aromatic carbocycles. The molecule has 0 aliphatic heterocycles. The van der Waals surface area contributed by atoms with E-state index in [4.69, 9.17) is 0 Å². The van der Waals surface area contributed by atoms with Gasteiger partial charge in [-0.2, -0.15) is 13.2 Å². The molecular weight excluding hydrogens is 286 g/mol. The van der Waals surface area contributed by atoms with Gasteiger partial charge in [-0.25, -0.2) is 4.39 Å². The fourth-order valence-corrected chi connectivity index (χ4v) is 1.75.